The molecule has 0 saturated carbocycles. The lowest BCUT2D eigenvalue weighted by Gasteiger charge is -2.42. The lowest BCUT2D eigenvalue weighted by Crippen LogP contribution is -2.61. The van der Waals surface area contributed by atoms with Crippen LogP contribution < -0.4 is 5.48 Å². The summed E-state index contributed by atoms with van der Waals surface area (Å²) in [6, 6.07) is 0. The van der Waals surface area contributed by atoms with Crippen molar-refractivity contribution in [3.63, 3.8) is 0 Å². The van der Waals surface area contributed by atoms with Gasteiger partial charge in [0.2, 0.25) is 10.0 Å². The monoisotopic (exact) mass is 320 g/mol. The molecule has 1 amide bonds. The van der Waals surface area contributed by atoms with Gasteiger partial charge >= 0.3 is 0 Å². The van der Waals surface area contributed by atoms with Crippen LogP contribution in [0.25, 0.3) is 0 Å². The zero-order valence-corrected chi connectivity index (χ0v) is 13.4. The maximum absolute atomic E-state index is 13.1. The van der Waals surface area contributed by atoms with Gasteiger partial charge in [-0.25, -0.2) is 18.2 Å². The standard InChI is InChI=1S/C13H24N2O5S/c1-10-7-11(2)9-15(8-10)21(18,19)13(12(16)14-17)3-5-20-6-4-13/h10-11,17H,3-9H2,1-2H3,(H,14,16). The number of carbonyl (C=O) groups excluding carboxylic acids is 1. The quantitative estimate of drug-likeness (QED) is 0.578. The Kier molecular flexibility index (Phi) is 4.92. The molecule has 0 bridgehead atoms. The van der Waals surface area contributed by atoms with E-state index in [1.165, 1.54) is 4.31 Å². The predicted octanol–water partition coefficient (Wildman–Crippen LogP) is 0.349. The number of hydrogen-bond acceptors (Lipinski definition) is 5. The van der Waals surface area contributed by atoms with Crippen molar-refractivity contribution in [3.05, 3.63) is 0 Å². The molecule has 0 spiro atoms. The van der Waals surface area contributed by atoms with Crippen LogP contribution in [-0.2, 0) is 19.6 Å². The highest BCUT2D eigenvalue weighted by atomic mass is 32.2. The fourth-order valence-electron chi connectivity index (χ4n) is 3.45. The van der Waals surface area contributed by atoms with E-state index in [0.717, 1.165) is 6.42 Å². The van der Waals surface area contributed by atoms with Crippen LogP contribution in [0.1, 0.15) is 33.1 Å². The average Bonchev–Trinajstić information content (AvgIpc) is 2.46. The van der Waals surface area contributed by atoms with E-state index >= 15 is 0 Å². The van der Waals surface area contributed by atoms with Gasteiger partial charge in [0.15, 0.2) is 4.75 Å². The molecule has 2 aliphatic rings. The number of hydrogen-bond donors (Lipinski definition) is 2. The topological polar surface area (TPSA) is 95.9 Å². The molecule has 7 nitrogen and oxygen atoms in total. The summed E-state index contributed by atoms with van der Waals surface area (Å²) in [5, 5.41) is 8.99. The Morgan fingerprint density at radius 2 is 1.76 bits per heavy atom. The fraction of sp³-hybridized carbons (Fsp3) is 0.923. The Balaban J connectivity index is 2.35. The Labute approximate surface area is 125 Å². The molecule has 122 valence electrons. The van der Waals surface area contributed by atoms with E-state index in [-0.39, 0.29) is 37.9 Å². The molecule has 2 N–H and O–H groups in total. The van der Waals surface area contributed by atoms with Crippen molar-refractivity contribution in [2.45, 2.75) is 37.9 Å². The minimum atomic E-state index is -3.84. The van der Waals surface area contributed by atoms with Crippen LogP contribution in [0.2, 0.25) is 0 Å². The smallest absolute Gasteiger partial charge is 0.266 e. The number of piperidine rings is 1. The lowest BCUT2D eigenvalue weighted by atomic mass is 9.93. The number of sulfonamides is 1. The van der Waals surface area contributed by atoms with Gasteiger partial charge in [0, 0.05) is 39.1 Å². The van der Waals surface area contributed by atoms with Gasteiger partial charge in [0.05, 0.1) is 0 Å². The summed E-state index contributed by atoms with van der Waals surface area (Å²) in [4.78, 5) is 12.1. The summed E-state index contributed by atoms with van der Waals surface area (Å²) < 4.78 is 31.1. The maximum atomic E-state index is 13.1. The third-order valence-electron chi connectivity index (χ3n) is 4.48. The summed E-state index contributed by atoms with van der Waals surface area (Å²) in [6.07, 6.45) is 1.12. The number of carbonyl (C=O) groups is 1. The first-order valence-corrected chi connectivity index (χ1v) is 8.79. The first-order valence-electron chi connectivity index (χ1n) is 7.35. The molecular weight excluding hydrogens is 296 g/mol. The van der Waals surface area contributed by atoms with Gasteiger partial charge in [-0.3, -0.25) is 10.0 Å². The number of nitrogens with one attached hydrogen (secondary N) is 1. The van der Waals surface area contributed by atoms with E-state index in [1.807, 2.05) is 13.8 Å². The summed E-state index contributed by atoms with van der Waals surface area (Å²) in [7, 11) is -3.84. The SMILES string of the molecule is CC1CC(C)CN(S(=O)(=O)C2(C(=O)NO)CCOCC2)C1. The van der Waals surface area contributed by atoms with Crippen LogP contribution in [0.15, 0.2) is 0 Å². The van der Waals surface area contributed by atoms with E-state index < -0.39 is 20.7 Å². The molecule has 0 aromatic heterocycles. The molecule has 0 aromatic rings. The molecule has 2 heterocycles. The highest BCUT2D eigenvalue weighted by Gasteiger charge is 2.54. The zero-order chi connectivity index (χ0) is 15.7. The Morgan fingerprint density at radius 3 is 2.24 bits per heavy atom. The second kappa shape index (κ2) is 6.20. The van der Waals surface area contributed by atoms with Crippen LogP contribution in [-0.4, -0.2) is 54.9 Å². The van der Waals surface area contributed by atoms with E-state index in [0.29, 0.717) is 13.1 Å². The number of hydroxylamine groups is 1. The van der Waals surface area contributed by atoms with Gasteiger partial charge in [-0.05, 0) is 18.3 Å². The van der Waals surface area contributed by atoms with Gasteiger partial charge in [-0.2, -0.15) is 0 Å². The first kappa shape index (κ1) is 16.7. The summed E-state index contributed by atoms with van der Waals surface area (Å²) in [5.41, 5.74) is 1.54. The molecule has 2 aliphatic heterocycles. The number of amides is 1. The van der Waals surface area contributed by atoms with Crippen molar-refractivity contribution < 1.29 is 23.2 Å². The molecule has 0 radical (unpaired) electrons. The first-order chi connectivity index (χ1) is 9.83. The van der Waals surface area contributed by atoms with Crippen LogP contribution in [0.4, 0.5) is 0 Å². The third-order valence-corrected chi connectivity index (χ3v) is 7.04. The van der Waals surface area contributed by atoms with Crippen LogP contribution in [0.5, 0.6) is 0 Å². The molecule has 8 heteroatoms. The largest absolute Gasteiger partial charge is 0.381 e. The highest BCUT2D eigenvalue weighted by molar-refractivity contribution is 7.91. The molecular formula is C13H24N2O5S. The van der Waals surface area contributed by atoms with E-state index in [4.69, 9.17) is 9.94 Å². The summed E-state index contributed by atoms with van der Waals surface area (Å²) in [5.74, 6) is -0.327. The van der Waals surface area contributed by atoms with Gasteiger partial charge in [0.25, 0.3) is 5.91 Å². The van der Waals surface area contributed by atoms with Gasteiger partial charge in [-0.15, -0.1) is 0 Å². The molecule has 2 saturated heterocycles. The van der Waals surface area contributed by atoms with Gasteiger partial charge < -0.3 is 4.74 Å². The van der Waals surface area contributed by atoms with Crippen molar-refractivity contribution in [3.8, 4) is 0 Å². The van der Waals surface area contributed by atoms with Crippen molar-refractivity contribution in [2.24, 2.45) is 11.8 Å². The number of rotatable bonds is 3. The Morgan fingerprint density at radius 1 is 1.24 bits per heavy atom. The number of nitrogens with zero attached hydrogens (tertiary/aromatic N) is 1. The van der Waals surface area contributed by atoms with Crippen LogP contribution in [0, 0.1) is 11.8 Å². The average molecular weight is 320 g/mol. The predicted molar refractivity (Wildman–Crippen MR) is 76.2 cm³/mol. The van der Waals surface area contributed by atoms with E-state index in [9.17, 15) is 13.2 Å². The molecule has 2 rings (SSSR count). The Bertz CT molecular complexity index is 477. The molecule has 2 atom stereocenters. The fourth-order valence-corrected chi connectivity index (χ4v) is 5.81. The molecule has 2 fully saturated rings. The molecule has 2 unspecified atom stereocenters. The van der Waals surface area contributed by atoms with E-state index in [1.54, 1.807) is 5.48 Å². The molecule has 0 aromatic carbocycles. The minimum Gasteiger partial charge on any atom is -0.381 e. The lowest BCUT2D eigenvalue weighted by molar-refractivity contribution is -0.134. The highest BCUT2D eigenvalue weighted by Crippen LogP contribution is 2.35. The minimum absolute atomic E-state index is 0.0704. The zero-order valence-electron chi connectivity index (χ0n) is 12.5. The molecule has 21 heavy (non-hydrogen) atoms. The van der Waals surface area contributed by atoms with Crippen LogP contribution in [0.3, 0.4) is 0 Å². The Hall–Kier alpha value is -0.700. The third kappa shape index (κ3) is 2.94. The maximum Gasteiger partial charge on any atom is 0.266 e. The normalized spacial score (nSPS) is 30.8. The second-order valence-corrected chi connectivity index (χ2v) is 8.56. The van der Waals surface area contributed by atoms with Crippen molar-refractivity contribution in [1.82, 2.24) is 9.79 Å². The summed E-state index contributed by atoms with van der Waals surface area (Å²) in [6.45, 7) is 5.28. The van der Waals surface area contributed by atoms with Crippen molar-refractivity contribution in [1.29, 1.82) is 0 Å². The summed E-state index contributed by atoms with van der Waals surface area (Å²) >= 11 is 0. The van der Waals surface area contributed by atoms with Crippen LogP contribution >= 0.6 is 0 Å². The van der Waals surface area contributed by atoms with Gasteiger partial charge in [-0.1, -0.05) is 13.8 Å². The van der Waals surface area contributed by atoms with Crippen molar-refractivity contribution in [2.75, 3.05) is 26.3 Å². The van der Waals surface area contributed by atoms with Gasteiger partial charge in [0.1, 0.15) is 0 Å². The molecule has 0 aliphatic carbocycles. The second-order valence-electron chi connectivity index (χ2n) is 6.32. The van der Waals surface area contributed by atoms with E-state index in [2.05, 4.69) is 0 Å². The number of ether oxygens (including phenoxy) is 1. The van der Waals surface area contributed by atoms with Crippen molar-refractivity contribution >= 4 is 15.9 Å².